The standard InChI is InChI=1S/C14H21N3O4S/c1-16-7-5-12(8-13(16)18)14(19)17-6-3-4-11(10-17)9-15-22(2,20)21/h5,7-8,11,15H,3-4,6,9-10H2,1-2H3/t11-/m0/s1. The molecule has 1 aliphatic heterocycles. The van der Waals surface area contributed by atoms with Crippen LogP contribution in [0.2, 0.25) is 0 Å². The molecule has 0 aromatic carbocycles. The van der Waals surface area contributed by atoms with Gasteiger partial charge in [-0.3, -0.25) is 9.59 Å². The molecule has 1 amide bonds. The highest BCUT2D eigenvalue weighted by atomic mass is 32.2. The molecule has 8 heteroatoms. The van der Waals surface area contributed by atoms with E-state index in [-0.39, 0.29) is 17.4 Å². The Balaban J connectivity index is 2.03. The van der Waals surface area contributed by atoms with Crippen molar-refractivity contribution in [2.45, 2.75) is 12.8 Å². The first-order chi connectivity index (χ1) is 10.3. The molecule has 0 spiro atoms. The Morgan fingerprint density at radius 2 is 2.18 bits per heavy atom. The van der Waals surface area contributed by atoms with E-state index >= 15 is 0 Å². The van der Waals surface area contributed by atoms with Gasteiger partial charge in [0.1, 0.15) is 0 Å². The fourth-order valence-electron chi connectivity index (χ4n) is 2.55. The van der Waals surface area contributed by atoms with Crippen LogP contribution in [-0.2, 0) is 17.1 Å². The van der Waals surface area contributed by atoms with Crippen molar-refractivity contribution < 1.29 is 13.2 Å². The molecule has 1 aromatic rings. The second-order valence-electron chi connectivity index (χ2n) is 5.74. The molecule has 0 saturated carbocycles. The summed E-state index contributed by atoms with van der Waals surface area (Å²) in [6.07, 6.45) is 4.40. The lowest BCUT2D eigenvalue weighted by Crippen LogP contribution is -2.43. The van der Waals surface area contributed by atoms with Gasteiger partial charge < -0.3 is 9.47 Å². The Kier molecular flexibility index (Phi) is 5.02. The fraction of sp³-hybridized carbons (Fsp3) is 0.571. The van der Waals surface area contributed by atoms with E-state index in [1.54, 1.807) is 24.2 Å². The van der Waals surface area contributed by atoms with E-state index in [2.05, 4.69) is 4.72 Å². The van der Waals surface area contributed by atoms with Gasteiger partial charge in [0.05, 0.1) is 6.26 Å². The normalized spacial score (nSPS) is 19.2. The molecule has 1 atom stereocenters. The molecule has 0 unspecified atom stereocenters. The highest BCUT2D eigenvalue weighted by Crippen LogP contribution is 2.18. The van der Waals surface area contributed by atoms with Gasteiger partial charge >= 0.3 is 0 Å². The lowest BCUT2D eigenvalue weighted by atomic mass is 9.98. The van der Waals surface area contributed by atoms with Crippen LogP contribution in [0, 0.1) is 5.92 Å². The smallest absolute Gasteiger partial charge is 0.254 e. The van der Waals surface area contributed by atoms with Crippen LogP contribution in [0.25, 0.3) is 0 Å². The van der Waals surface area contributed by atoms with Crippen LogP contribution in [0.1, 0.15) is 23.2 Å². The molecule has 0 radical (unpaired) electrons. The van der Waals surface area contributed by atoms with Gasteiger partial charge in [-0.25, -0.2) is 13.1 Å². The van der Waals surface area contributed by atoms with E-state index in [4.69, 9.17) is 0 Å². The van der Waals surface area contributed by atoms with Crippen LogP contribution in [0.5, 0.6) is 0 Å². The summed E-state index contributed by atoms with van der Waals surface area (Å²) in [7, 11) is -1.59. The SMILES string of the molecule is Cn1ccc(C(=O)N2CCC[C@@H](CNS(C)(=O)=O)C2)cc1=O. The summed E-state index contributed by atoms with van der Waals surface area (Å²) in [5, 5.41) is 0. The molecule has 1 N–H and O–H groups in total. The first-order valence-electron chi connectivity index (χ1n) is 7.17. The minimum Gasteiger partial charge on any atom is -0.338 e. The van der Waals surface area contributed by atoms with Crippen LogP contribution < -0.4 is 10.3 Å². The molecule has 0 bridgehead atoms. The van der Waals surface area contributed by atoms with Crippen LogP contribution in [0.4, 0.5) is 0 Å². The molecule has 1 fully saturated rings. The van der Waals surface area contributed by atoms with E-state index in [1.165, 1.54) is 10.6 Å². The van der Waals surface area contributed by atoms with Crippen molar-refractivity contribution >= 4 is 15.9 Å². The van der Waals surface area contributed by atoms with Crippen molar-refractivity contribution in [3.05, 3.63) is 34.2 Å². The zero-order valence-electron chi connectivity index (χ0n) is 12.8. The van der Waals surface area contributed by atoms with Crippen molar-refractivity contribution in [1.29, 1.82) is 0 Å². The fourth-order valence-corrected chi connectivity index (χ4v) is 3.09. The van der Waals surface area contributed by atoms with Gasteiger partial charge in [-0.1, -0.05) is 0 Å². The Bertz CT molecular complexity index is 711. The number of rotatable bonds is 4. The number of aromatic nitrogens is 1. The predicted octanol–water partition coefficient (Wildman–Crippen LogP) is -0.213. The number of nitrogens with one attached hydrogen (secondary N) is 1. The quantitative estimate of drug-likeness (QED) is 0.828. The van der Waals surface area contributed by atoms with Gasteiger partial charge in [-0.2, -0.15) is 0 Å². The largest absolute Gasteiger partial charge is 0.338 e. The number of amides is 1. The van der Waals surface area contributed by atoms with E-state index in [1.807, 2.05) is 0 Å². The van der Waals surface area contributed by atoms with Crippen molar-refractivity contribution in [1.82, 2.24) is 14.2 Å². The van der Waals surface area contributed by atoms with Crippen molar-refractivity contribution in [3.63, 3.8) is 0 Å². The van der Waals surface area contributed by atoms with Gasteiger partial charge in [0, 0.05) is 44.5 Å². The Labute approximate surface area is 130 Å². The van der Waals surface area contributed by atoms with Crippen molar-refractivity contribution in [2.24, 2.45) is 13.0 Å². The third-order valence-corrected chi connectivity index (χ3v) is 4.48. The zero-order valence-corrected chi connectivity index (χ0v) is 13.6. The number of nitrogens with zero attached hydrogens (tertiary/aromatic N) is 2. The lowest BCUT2D eigenvalue weighted by Gasteiger charge is -2.32. The summed E-state index contributed by atoms with van der Waals surface area (Å²) in [4.78, 5) is 25.8. The number of carbonyl (C=O) groups excluding carboxylic acids is 1. The van der Waals surface area contributed by atoms with E-state index < -0.39 is 10.0 Å². The van der Waals surface area contributed by atoms with Gasteiger partial charge in [0.2, 0.25) is 10.0 Å². The molecule has 1 saturated heterocycles. The zero-order chi connectivity index (χ0) is 16.3. The summed E-state index contributed by atoms with van der Waals surface area (Å²) in [5.41, 5.74) is 0.151. The molecule has 22 heavy (non-hydrogen) atoms. The molecule has 122 valence electrons. The monoisotopic (exact) mass is 327 g/mol. The van der Waals surface area contributed by atoms with Gasteiger partial charge in [0.15, 0.2) is 0 Å². The van der Waals surface area contributed by atoms with Gasteiger partial charge in [0.25, 0.3) is 11.5 Å². The molecule has 2 rings (SSSR count). The molecule has 0 aliphatic carbocycles. The van der Waals surface area contributed by atoms with E-state index in [0.29, 0.717) is 25.2 Å². The molecule has 1 aliphatic rings. The van der Waals surface area contributed by atoms with Crippen LogP contribution >= 0.6 is 0 Å². The number of piperidine rings is 1. The minimum atomic E-state index is -3.22. The second-order valence-corrected chi connectivity index (χ2v) is 7.58. The number of pyridine rings is 1. The highest BCUT2D eigenvalue weighted by molar-refractivity contribution is 7.88. The Morgan fingerprint density at radius 1 is 1.45 bits per heavy atom. The summed E-state index contributed by atoms with van der Waals surface area (Å²) >= 11 is 0. The highest BCUT2D eigenvalue weighted by Gasteiger charge is 2.25. The molecule has 1 aromatic heterocycles. The Hall–Kier alpha value is -1.67. The summed E-state index contributed by atoms with van der Waals surface area (Å²) in [6.45, 7) is 1.46. The number of sulfonamides is 1. The number of hydrogen-bond donors (Lipinski definition) is 1. The van der Waals surface area contributed by atoms with E-state index in [0.717, 1.165) is 19.1 Å². The first-order valence-corrected chi connectivity index (χ1v) is 9.06. The maximum atomic E-state index is 12.4. The van der Waals surface area contributed by atoms with Gasteiger partial charge in [-0.15, -0.1) is 0 Å². The van der Waals surface area contributed by atoms with Crippen LogP contribution in [0.3, 0.4) is 0 Å². The molecule has 2 heterocycles. The second kappa shape index (κ2) is 6.62. The van der Waals surface area contributed by atoms with Crippen molar-refractivity contribution in [3.8, 4) is 0 Å². The maximum Gasteiger partial charge on any atom is 0.254 e. The number of likely N-dealkylation sites (tertiary alicyclic amines) is 1. The van der Waals surface area contributed by atoms with Crippen molar-refractivity contribution in [2.75, 3.05) is 25.9 Å². The predicted molar refractivity (Wildman–Crippen MR) is 83.2 cm³/mol. The first kappa shape index (κ1) is 16.7. The summed E-state index contributed by atoms with van der Waals surface area (Å²) in [5.74, 6) is -0.0827. The third kappa shape index (κ3) is 4.41. The van der Waals surface area contributed by atoms with E-state index in [9.17, 15) is 18.0 Å². The number of hydrogen-bond acceptors (Lipinski definition) is 4. The van der Waals surface area contributed by atoms with Crippen LogP contribution in [-0.4, -0.2) is 49.7 Å². The summed E-state index contributed by atoms with van der Waals surface area (Å²) < 4.78 is 26.2. The molecule has 7 nitrogen and oxygen atoms in total. The number of carbonyl (C=O) groups is 1. The number of aryl methyl sites for hydroxylation is 1. The van der Waals surface area contributed by atoms with Gasteiger partial charge in [-0.05, 0) is 24.8 Å². The minimum absolute atomic E-state index is 0.0963. The summed E-state index contributed by atoms with van der Waals surface area (Å²) in [6, 6.07) is 2.96. The third-order valence-electron chi connectivity index (χ3n) is 3.79. The average molecular weight is 327 g/mol. The maximum absolute atomic E-state index is 12.4. The van der Waals surface area contributed by atoms with Crippen LogP contribution in [0.15, 0.2) is 23.1 Å². The Morgan fingerprint density at radius 3 is 2.82 bits per heavy atom. The average Bonchev–Trinajstić information content (AvgIpc) is 2.47. The molecular formula is C14H21N3O4S. The molecular weight excluding hydrogens is 306 g/mol. The topological polar surface area (TPSA) is 88.5 Å². The lowest BCUT2D eigenvalue weighted by molar-refractivity contribution is 0.0676.